The van der Waals surface area contributed by atoms with Crippen LogP contribution in [0.25, 0.3) is 0 Å². The van der Waals surface area contributed by atoms with Gasteiger partial charge in [-0.05, 0) is 31.2 Å². The van der Waals surface area contributed by atoms with Crippen molar-refractivity contribution in [3.63, 3.8) is 0 Å². The fourth-order valence-electron chi connectivity index (χ4n) is 1.77. The van der Waals surface area contributed by atoms with Crippen molar-refractivity contribution >= 4 is 17.3 Å². The lowest BCUT2D eigenvalue weighted by molar-refractivity contribution is -0.117. The summed E-state index contributed by atoms with van der Waals surface area (Å²) in [7, 11) is 1.88. The third-order valence-corrected chi connectivity index (χ3v) is 2.38. The van der Waals surface area contributed by atoms with E-state index in [4.69, 9.17) is 5.73 Å². The number of hydrogen-bond donors (Lipinski definition) is 2. The predicted molar refractivity (Wildman–Crippen MR) is 71.8 cm³/mol. The van der Waals surface area contributed by atoms with Crippen LogP contribution in [0.3, 0.4) is 0 Å². The number of benzene rings is 1. The normalized spacial score (nSPS) is 11.0. The van der Waals surface area contributed by atoms with E-state index in [0.29, 0.717) is 11.6 Å². The third kappa shape index (κ3) is 4.71. The standard InChI is InChI=1S/C13H20FN3O/c1-9(2)7-17(3)8-13(18)16-12-5-4-10(14)6-11(12)15/h4-6,9H,7-8,15H2,1-3H3,(H,16,18). The van der Waals surface area contributed by atoms with E-state index in [1.54, 1.807) is 0 Å². The first-order chi connectivity index (χ1) is 8.38. The van der Waals surface area contributed by atoms with Gasteiger partial charge in [-0.3, -0.25) is 9.69 Å². The number of anilines is 2. The van der Waals surface area contributed by atoms with Crippen molar-refractivity contribution in [3.05, 3.63) is 24.0 Å². The fraction of sp³-hybridized carbons (Fsp3) is 0.462. The van der Waals surface area contributed by atoms with Crippen LogP contribution in [0, 0.1) is 11.7 Å². The second-order valence-electron chi connectivity index (χ2n) is 4.87. The molecule has 0 unspecified atom stereocenters. The Hall–Kier alpha value is -1.62. The Bertz CT molecular complexity index is 421. The Morgan fingerprint density at radius 3 is 2.72 bits per heavy atom. The maximum atomic E-state index is 12.8. The Kier molecular flexibility index (Phi) is 5.09. The number of likely N-dealkylation sites (N-methyl/N-ethyl adjacent to an activating group) is 1. The largest absolute Gasteiger partial charge is 0.397 e. The number of carbonyl (C=O) groups excluding carboxylic acids is 1. The van der Waals surface area contributed by atoms with E-state index in [0.717, 1.165) is 6.54 Å². The molecule has 0 saturated heterocycles. The van der Waals surface area contributed by atoms with Crippen LogP contribution in [0.15, 0.2) is 18.2 Å². The van der Waals surface area contributed by atoms with Gasteiger partial charge in [0.1, 0.15) is 5.82 Å². The quantitative estimate of drug-likeness (QED) is 0.788. The molecular weight excluding hydrogens is 233 g/mol. The summed E-state index contributed by atoms with van der Waals surface area (Å²) in [5.41, 5.74) is 6.29. The minimum absolute atomic E-state index is 0.156. The van der Waals surface area contributed by atoms with Crippen molar-refractivity contribution < 1.29 is 9.18 Å². The number of hydrogen-bond acceptors (Lipinski definition) is 3. The van der Waals surface area contributed by atoms with E-state index in [-0.39, 0.29) is 18.1 Å². The van der Waals surface area contributed by atoms with Crippen molar-refractivity contribution in [2.45, 2.75) is 13.8 Å². The van der Waals surface area contributed by atoms with Gasteiger partial charge >= 0.3 is 0 Å². The number of nitrogens with two attached hydrogens (primary N) is 1. The van der Waals surface area contributed by atoms with E-state index in [2.05, 4.69) is 19.2 Å². The molecule has 3 N–H and O–H groups in total. The molecule has 0 fully saturated rings. The molecule has 0 aromatic heterocycles. The summed E-state index contributed by atoms with van der Waals surface area (Å²) in [5, 5.41) is 2.67. The topological polar surface area (TPSA) is 58.4 Å². The Labute approximate surface area is 107 Å². The molecule has 4 nitrogen and oxygen atoms in total. The van der Waals surface area contributed by atoms with Crippen LogP contribution in [0.4, 0.5) is 15.8 Å². The maximum Gasteiger partial charge on any atom is 0.238 e. The van der Waals surface area contributed by atoms with Gasteiger partial charge in [-0.25, -0.2) is 4.39 Å². The maximum absolute atomic E-state index is 12.8. The zero-order valence-corrected chi connectivity index (χ0v) is 11.0. The minimum Gasteiger partial charge on any atom is -0.397 e. The highest BCUT2D eigenvalue weighted by atomic mass is 19.1. The number of rotatable bonds is 5. The molecule has 1 amide bonds. The molecule has 0 aliphatic carbocycles. The van der Waals surface area contributed by atoms with Crippen LogP contribution in [-0.4, -0.2) is 30.9 Å². The molecule has 0 aliphatic heterocycles. The highest BCUT2D eigenvalue weighted by Crippen LogP contribution is 2.18. The van der Waals surface area contributed by atoms with Gasteiger partial charge in [-0.1, -0.05) is 13.8 Å². The number of carbonyl (C=O) groups is 1. The molecule has 0 bridgehead atoms. The van der Waals surface area contributed by atoms with Crippen molar-refractivity contribution in [1.82, 2.24) is 4.90 Å². The lowest BCUT2D eigenvalue weighted by Gasteiger charge is -2.18. The Morgan fingerprint density at radius 1 is 1.50 bits per heavy atom. The second kappa shape index (κ2) is 6.35. The zero-order valence-electron chi connectivity index (χ0n) is 11.0. The number of nitrogen functional groups attached to an aromatic ring is 1. The fourth-order valence-corrected chi connectivity index (χ4v) is 1.77. The molecule has 0 spiro atoms. The smallest absolute Gasteiger partial charge is 0.238 e. The molecule has 100 valence electrons. The summed E-state index contributed by atoms with van der Waals surface area (Å²) in [6, 6.07) is 3.92. The molecule has 0 heterocycles. The van der Waals surface area contributed by atoms with Gasteiger partial charge in [0.15, 0.2) is 0 Å². The lowest BCUT2D eigenvalue weighted by atomic mass is 10.2. The molecule has 0 atom stereocenters. The van der Waals surface area contributed by atoms with Gasteiger partial charge in [0.25, 0.3) is 0 Å². The second-order valence-corrected chi connectivity index (χ2v) is 4.87. The van der Waals surface area contributed by atoms with E-state index in [1.807, 2.05) is 11.9 Å². The van der Waals surface area contributed by atoms with E-state index >= 15 is 0 Å². The molecule has 1 aromatic rings. The van der Waals surface area contributed by atoms with E-state index < -0.39 is 5.82 Å². The molecule has 1 aromatic carbocycles. The van der Waals surface area contributed by atoms with Crippen LogP contribution < -0.4 is 11.1 Å². The summed E-state index contributed by atoms with van der Waals surface area (Å²) in [4.78, 5) is 13.7. The van der Waals surface area contributed by atoms with Crippen molar-refractivity contribution in [3.8, 4) is 0 Å². The highest BCUT2D eigenvalue weighted by molar-refractivity contribution is 5.95. The number of halogens is 1. The summed E-state index contributed by atoms with van der Waals surface area (Å²) < 4.78 is 12.8. The average Bonchev–Trinajstić information content (AvgIpc) is 2.20. The minimum atomic E-state index is -0.414. The predicted octanol–water partition coefficient (Wildman–Crippen LogP) is 1.93. The van der Waals surface area contributed by atoms with Crippen molar-refractivity contribution in [2.75, 3.05) is 31.2 Å². The van der Waals surface area contributed by atoms with Crippen LogP contribution in [0.5, 0.6) is 0 Å². The molecule has 0 aliphatic rings. The first-order valence-corrected chi connectivity index (χ1v) is 5.92. The molecular formula is C13H20FN3O. The zero-order chi connectivity index (χ0) is 13.7. The van der Waals surface area contributed by atoms with Gasteiger partial charge in [-0.2, -0.15) is 0 Å². The van der Waals surface area contributed by atoms with Crippen LogP contribution in [0.2, 0.25) is 0 Å². The summed E-state index contributed by atoms with van der Waals surface area (Å²) in [6.07, 6.45) is 0. The molecule has 1 rings (SSSR count). The summed E-state index contributed by atoms with van der Waals surface area (Å²) >= 11 is 0. The van der Waals surface area contributed by atoms with Gasteiger partial charge < -0.3 is 11.1 Å². The molecule has 0 radical (unpaired) electrons. The number of nitrogens with zero attached hydrogens (tertiary/aromatic N) is 1. The van der Waals surface area contributed by atoms with Crippen LogP contribution in [-0.2, 0) is 4.79 Å². The molecule has 5 heteroatoms. The van der Waals surface area contributed by atoms with Crippen molar-refractivity contribution in [1.29, 1.82) is 0 Å². The van der Waals surface area contributed by atoms with E-state index in [9.17, 15) is 9.18 Å². The van der Waals surface area contributed by atoms with Gasteiger partial charge in [0.05, 0.1) is 17.9 Å². The monoisotopic (exact) mass is 253 g/mol. The molecule has 18 heavy (non-hydrogen) atoms. The summed E-state index contributed by atoms with van der Waals surface area (Å²) in [5.74, 6) is -0.0717. The Balaban J connectivity index is 2.54. The summed E-state index contributed by atoms with van der Waals surface area (Å²) in [6.45, 7) is 5.31. The SMILES string of the molecule is CC(C)CN(C)CC(=O)Nc1ccc(F)cc1N. The van der Waals surface area contributed by atoms with E-state index in [1.165, 1.54) is 18.2 Å². The van der Waals surface area contributed by atoms with Crippen LogP contribution >= 0.6 is 0 Å². The lowest BCUT2D eigenvalue weighted by Crippen LogP contribution is -2.32. The van der Waals surface area contributed by atoms with Gasteiger partial charge in [-0.15, -0.1) is 0 Å². The van der Waals surface area contributed by atoms with Gasteiger partial charge in [0, 0.05) is 6.54 Å². The van der Waals surface area contributed by atoms with Crippen molar-refractivity contribution in [2.24, 2.45) is 5.92 Å². The van der Waals surface area contributed by atoms with Gasteiger partial charge in [0.2, 0.25) is 5.91 Å². The first-order valence-electron chi connectivity index (χ1n) is 5.92. The highest BCUT2D eigenvalue weighted by Gasteiger charge is 2.10. The third-order valence-electron chi connectivity index (χ3n) is 2.38. The number of nitrogens with one attached hydrogen (secondary N) is 1. The van der Waals surface area contributed by atoms with Crippen LogP contribution in [0.1, 0.15) is 13.8 Å². The first kappa shape index (κ1) is 14.4. The Morgan fingerprint density at radius 2 is 2.17 bits per heavy atom. The number of amides is 1. The molecule has 0 saturated carbocycles. The average molecular weight is 253 g/mol.